The number of aryl methyl sites for hydroxylation is 1. The molecule has 9 heteroatoms. The topological polar surface area (TPSA) is 81.3 Å². The molecule has 0 spiro atoms. The number of hydrogen-bond donors (Lipinski definition) is 1. The van der Waals surface area contributed by atoms with E-state index in [2.05, 4.69) is 15.5 Å². The molecule has 0 radical (unpaired) electrons. The Balaban J connectivity index is 1.54. The third-order valence-corrected chi connectivity index (χ3v) is 5.36. The molecule has 0 saturated carbocycles. The van der Waals surface area contributed by atoms with E-state index >= 15 is 0 Å². The molecule has 7 nitrogen and oxygen atoms in total. The number of para-hydroxylation sites is 1. The van der Waals surface area contributed by atoms with E-state index in [-0.39, 0.29) is 6.54 Å². The van der Waals surface area contributed by atoms with Crippen LogP contribution in [-0.2, 0) is 11.3 Å². The summed E-state index contributed by atoms with van der Waals surface area (Å²) in [6.07, 6.45) is 0. The Kier molecular flexibility index (Phi) is 5.37. The molecule has 4 rings (SSSR count). The lowest BCUT2D eigenvalue weighted by atomic mass is 10.2. The van der Waals surface area contributed by atoms with Gasteiger partial charge in [0.15, 0.2) is 5.65 Å². The number of hydrogen-bond acceptors (Lipinski definition) is 5. The molecular weight excluding hydrogens is 410 g/mol. The second-order valence-electron chi connectivity index (χ2n) is 6.32. The van der Waals surface area contributed by atoms with Gasteiger partial charge >= 0.3 is 5.69 Å². The number of nitrogens with one attached hydrogen (secondary N) is 1. The molecule has 1 N–H and O–H groups in total. The summed E-state index contributed by atoms with van der Waals surface area (Å²) in [5.74, 6) is -0.405. The molecule has 0 unspecified atom stereocenters. The number of amides is 1. The monoisotopic (exact) mass is 425 g/mol. The highest BCUT2D eigenvalue weighted by Gasteiger charge is 2.13. The van der Waals surface area contributed by atoms with Gasteiger partial charge in [0.25, 0.3) is 0 Å². The zero-order chi connectivity index (χ0) is 20.4. The van der Waals surface area contributed by atoms with Gasteiger partial charge in [0.1, 0.15) is 11.6 Å². The summed E-state index contributed by atoms with van der Waals surface area (Å²) in [6, 6.07) is 18.4. The van der Waals surface area contributed by atoms with Gasteiger partial charge in [0, 0.05) is 4.90 Å². The number of benzene rings is 2. The van der Waals surface area contributed by atoms with Gasteiger partial charge in [-0.1, -0.05) is 53.2 Å². The van der Waals surface area contributed by atoms with Crippen LogP contribution in [0.25, 0.3) is 5.65 Å². The lowest BCUT2D eigenvalue weighted by Gasteiger charge is -2.06. The lowest BCUT2D eigenvalue weighted by molar-refractivity contribution is -0.117. The van der Waals surface area contributed by atoms with Crippen LogP contribution in [0.2, 0.25) is 5.02 Å². The molecule has 0 aliphatic carbocycles. The summed E-state index contributed by atoms with van der Waals surface area (Å²) in [5, 5.41) is 12.3. The summed E-state index contributed by atoms with van der Waals surface area (Å²) in [6.45, 7) is 1.78. The summed E-state index contributed by atoms with van der Waals surface area (Å²) >= 11 is 7.49. The maximum absolute atomic E-state index is 12.6. The van der Waals surface area contributed by atoms with Crippen LogP contribution in [0.5, 0.6) is 0 Å². The van der Waals surface area contributed by atoms with Crippen molar-refractivity contribution in [3.8, 4) is 0 Å². The van der Waals surface area contributed by atoms with E-state index in [4.69, 9.17) is 11.6 Å². The van der Waals surface area contributed by atoms with Crippen LogP contribution in [0.1, 0.15) is 5.56 Å². The van der Waals surface area contributed by atoms with Gasteiger partial charge in [-0.05, 0) is 43.3 Å². The van der Waals surface area contributed by atoms with Crippen LogP contribution in [0.15, 0.2) is 75.4 Å². The highest BCUT2D eigenvalue weighted by atomic mass is 35.5. The van der Waals surface area contributed by atoms with E-state index in [9.17, 15) is 9.59 Å². The SMILES string of the molecule is Cc1ccc(Sc2ccc3nn(CC(=O)Nc4ccccc4Cl)c(=O)n3n2)cc1. The Bertz CT molecular complexity index is 1250. The lowest BCUT2D eigenvalue weighted by Crippen LogP contribution is -2.28. The molecule has 29 heavy (non-hydrogen) atoms. The number of aromatic nitrogens is 4. The quantitative estimate of drug-likeness (QED) is 0.528. The minimum Gasteiger partial charge on any atom is -0.323 e. The standard InChI is InChI=1S/C20H16ClN5O2S/c1-13-6-8-14(9-7-13)29-19-11-10-17-23-25(20(28)26(17)24-19)12-18(27)22-16-5-3-2-4-15(16)21/h2-11H,12H2,1H3,(H,22,27). The molecule has 0 bridgehead atoms. The zero-order valence-corrected chi connectivity index (χ0v) is 16.9. The summed E-state index contributed by atoms with van der Waals surface area (Å²) in [7, 11) is 0. The molecule has 2 aromatic carbocycles. The second-order valence-corrected chi connectivity index (χ2v) is 7.83. The highest BCUT2D eigenvalue weighted by Crippen LogP contribution is 2.25. The Morgan fingerprint density at radius 3 is 2.59 bits per heavy atom. The molecule has 0 aliphatic rings. The van der Waals surface area contributed by atoms with Crippen molar-refractivity contribution < 1.29 is 4.79 Å². The first-order chi connectivity index (χ1) is 14.0. The van der Waals surface area contributed by atoms with Crippen molar-refractivity contribution in [1.29, 1.82) is 0 Å². The predicted molar refractivity (Wildman–Crippen MR) is 113 cm³/mol. The average Bonchev–Trinajstić information content (AvgIpc) is 3.01. The van der Waals surface area contributed by atoms with E-state index < -0.39 is 11.6 Å². The Morgan fingerprint density at radius 2 is 1.83 bits per heavy atom. The van der Waals surface area contributed by atoms with Crippen molar-refractivity contribution in [2.75, 3.05) is 5.32 Å². The molecule has 0 aliphatic heterocycles. The smallest absolute Gasteiger partial charge is 0.323 e. The Labute approximate surface area is 175 Å². The zero-order valence-electron chi connectivity index (χ0n) is 15.4. The number of nitrogens with zero attached hydrogens (tertiary/aromatic N) is 4. The molecule has 0 atom stereocenters. The molecule has 146 valence electrons. The molecule has 1 amide bonds. The third kappa shape index (κ3) is 4.33. The molecule has 0 saturated heterocycles. The van der Waals surface area contributed by atoms with Crippen LogP contribution in [0, 0.1) is 6.92 Å². The van der Waals surface area contributed by atoms with Gasteiger partial charge in [-0.15, -0.1) is 5.10 Å². The molecular formula is C20H16ClN5O2S. The summed E-state index contributed by atoms with van der Waals surface area (Å²) < 4.78 is 2.27. The van der Waals surface area contributed by atoms with Gasteiger partial charge in [0.05, 0.1) is 10.7 Å². The minimum absolute atomic E-state index is 0.242. The van der Waals surface area contributed by atoms with E-state index in [1.807, 2.05) is 31.2 Å². The van der Waals surface area contributed by atoms with E-state index in [0.29, 0.717) is 21.4 Å². The van der Waals surface area contributed by atoms with Gasteiger partial charge in [-0.3, -0.25) is 4.79 Å². The maximum atomic E-state index is 12.6. The fraction of sp³-hybridized carbons (Fsp3) is 0.100. The first-order valence-corrected chi connectivity index (χ1v) is 9.95. The van der Waals surface area contributed by atoms with Gasteiger partial charge in [0.2, 0.25) is 5.91 Å². The van der Waals surface area contributed by atoms with Crippen LogP contribution >= 0.6 is 23.4 Å². The molecule has 4 aromatic rings. The van der Waals surface area contributed by atoms with Crippen LogP contribution in [0.4, 0.5) is 5.69 Å². The largest absolute Gasteiger partial charge is 0.367 e. The van der Waals surface area contributed by atoms with Crippen LogP contribution in [0.3, 0.4) is 0 Å². The number of fused-ring (bicyclic) bond motifs is 1. The Hall–Kier alpha value is -3.10. The van der Waals surface area contributed by atoms with Crippen molar-refractivity contribution in [3.63, 3.8) is 0 Å². The summed E-state index contributed by atoms with van der Waals surface area (Å²) in [4.78, 5) is 25.9. The van der Waals surface area contributed by atoms with Crippen molar-refractivity contribution in [1.82, 2.24) is 19.4 Å². The van der Waals surface area contributed by atoms with Crippen LogP contribution < -0.4 is 11.0 Å². The van der Waals surface area contributed by atoms with Crippen molar-refractivity contribution in [2.24, 2.45) is 0 Å². The first-order valence-electron chi connectivity index (χ1n) is 8.75. The van der Waals surface area contributed by atoms with Crippen molar-refractivity contribution in [3.05, 3.63) is 81.7 Å². The van der Waals surface area contributed by atoms with E-state index in [0.717, 1.165) is 9.58 Å². The van der Waals surface area contributed by atoms with E-state index in [1.165, 1.54) is 21.8 Å². The fourth-order valence-electron chi connectivity index (χ4n) is 2.66. The van der Waals surface area contributed by atoms with Crippen LogP contribution in [-0.4, -0.2) is 25.3 Å². The highest BCUT2D eigenvalue weighted by molar-refractivity contribution is 7.99. The minimum atomic E-state index is -0.485. The number of rotatable bonds is 5. The normalized spacial score (nSPS) is 11.0. The van der Waals surface area contributed by atoms with Crippen molar-refractivity contribution >= 4 is 40.6 Å². The number of carbonyl (C=O) groups is 1. The van der Waals surface area contributed by atoms with E-state index in [1.54, 1.807) is 36.4 Å². The number of carbonyl (C=O) groups excluding carboxylic acids is 1. The second kappa shape index (κ2) is 8.10. The van der Waals surface area contributed by atoms with Gasteiger partial charge in [-0.2, -0.15) is 9.61 Å². The van der Waals surface area contributed by atoms with Gasteiger partial charge < -0.3 is 5.32 Å². The predicted octanol–water partition coefficient (Wildman–Crippen LogP) is 3.64. The third-order valence-electron chi connectivity index (χ3n) is 4.10. The molecule has 0 fully saturated rings. The maximum Gasteiger partial charge on any atom is 0.367 e. The summed E-state index contributed by atoms with van der Waals surface area (Å²) in [5.41, 5.74) is 1.53. The molecule has 2 aromatic heterocycles. The Morgan fingerprint density at radius 1 is 1.07 bits per heavy atom. The number of halogens is 1. The fourth-order valence-corrected chi connectivity index (χ4v) is 3.62. The molecule has 2 heterocycles. The average molecular weight is 426 g/mol. The number of anilines is 1. The first kappa shape index (κ1) is 19.2. The van der Waals surface area contributed by atoms with Crippen molar-refractivity contribution in [2.45, 2.75) is 23.4 Å². The van der Waals surface area contributed by atoms with Gasteiger partial charge in [-0.25, -0.2) is 9.48 Å².